The Morgan fingerprint density at radius 1 is 0.492 bits per heavy atom. The van der Waals surface area contributed by atoms with Crippen LogP contribution in [0.3, 0.4) is 0 Å². The van der Waals surface area contributed by atoms with Crippen LogP contribution in [0, 0.1) is 0 Å². The molecule has 0 rings (SSSR count). The number of amides is 1. The third-order valence-corrected chi connectivity index (χ3v) is 11.4. The van der Waals surface area contributed by atoms with Gasteiger partial charge in [-0.3, -0.25) is 9.59 Å². The van der Waals surface area contributed by atoms with Crippen molar-refractivity contribution in [1.29, 1.82) is 0 Å². The fourth-order valence-corrected chi connectivity index (χ4v) is 7.51. The minimum Gasteiger partial charge on any atom is -0.462 e. The fraction of sp³-hybridized carbons (Fsp3) is 0.745. The Morgan fingerprint density at radius 3 is 1.43 bits per heavy atom. The van der Waals surface area contributed by atoms with Crippen molar-refractivity contribution in [3.63, 3.8) is 0 Å². The Hall–Kier alpha value is -2.70. The minimum atomic E-state index is -0.809. The summed E-state index contributed by atoms with van der Waals surface area (Å²) in [6, 6.07) is -0.727. The van der Waals surface area contributed by atoms with E-state index in [0.29, 0.717) is 19.3 Å². The fourth-order valence-electron chi connectivity index (χ4n) is 7.51. The van der Waals surface area contributed by atoms with Gasteiger partial charge < -0.3 is 20.3 Å². The van der Waals surface area contributed by atoms with Gasteiger partial charge in [0.2, 0.25) is 5.91 Å². The van der Waals surface area contributed by atoms with E-state index in [1.54, 1.807) is 0 Å². The standard InChI is InChI=1S/C55H97NO5/c1-4-7-10-13-16-19-22-25-27-30-33-36-39-42-45-48-55(60)61-51(46-43-40-37-34-31-28-24-21-18-15-12-9-6-3)49-54(59)56-52(50-57)53(58)47-44-41-38-35-32-29-26-23-20-17-14-11-8-5-2/h9,12,15,18-19,21-22,24,28,31,34,37,51-53,57-58H,4-8,10-11,13-14,16-17,20,23,25-27,29-30,32-33,35-36,38-50H2,1-3H3,(H,56,59)/b12-9+,18-15+,22-19-,24-21-,31-28-,37-34+. The molecule has 0 bridgehead atoms. The van der Waals surface area contributed by atoms with E-state index in [-0.39, 0.29) is 24.9 Å². The largest absolute Gasteiger partial charge is 0.462 e. The van der Waals surface area contributed by atoms with Crippen molar-refractivity contribution in [3.8, 4) is 0 Å². The molecule has 3 unspecified atom stereocenters. The number of aliphatic hydroxyl groups is 2. The van der Waals surface area contributed by atoms with Crippen LogP contribution in [0.25, 0.3) is 0 Å². The smallest absolute Gasteiger partial charge is 0.306 e. The summed E-state index contributed by atoms with van der Waals surface area (Å²) < 4.78 is 5.89. The van der Waals surface area contributed by atoms with Crippen LogP contribution in [-0.4, -0.2) is 46.9 Å². The van der Waals surface area contributed by atoms with E-state index in [2.05, 4.69) is 50.4 Å². The molecule has 352 valence electrons. The van der Waals surface area contributed by atoms with E-state index in [9.17, 15) is 19.8 Å². The zero-order valence-electron chi connectivity index (χ0n) is 40.0. The number of nitrogens with one attached hydrogen (secondary N) is 1. The Kier molecular flexibility index (Phi) is 46.2. The summed E-state index contributed by atoms with van der Waals surface area (Å²) in [6.45, 7) is 6.31. The lowest BCUT2D eigenvalue weighted by atomic mass is 10.0. The number of carbonyl (C=O) groups excluding carboxylic acids is 2. The Balaban J connectivity index is 4.66. The van der Waals surface area contributed by atoms with Gasteiger partial charge in [0.15, 0.2) is 0 Å². The monoisotopic (exact) mass is 852 g/mol. The molecule has 0 aliphatic rings. The maximum absolute atomic E-state index is 13.2. The second-order valence-electron chi connectivity index (χ2n) is 17.3. The lowest BCUT2D eigenvalue weighted by Crippen LogP contribution is -2.46. The van der Waals surface area contributed by atoms with Crippen LogP contribution in [0.15, 0.2) is 72.9 Å². The first kappa shape index (κ1) is 58.3. The van der Waals surface area contributed by atoms with Crippen LogP contribution >= 0.6 is 0 Å². The molecule has 0 saturated heterocycles. The number of ether oxygens (including phenoxy) is 1. The highest BCUT2D eigenvalue weighted by atomic mass is 16.5. The van der Waals surface area contributed by atoms with E-state index in [4.69, 9.17) is 4.74 Å². The lowest BCUT2D eigenvalue weighted by molar-refractivity contribution is -0.151. The molecule has 0 saturated carbocycles. The van der Waals surface area contributed by atoms with Gasteiger partial charge in [-0.25, -0.2) is 0 Å². The molecule has 1 amide bonds. The Morgan fingerprint density at radius 2 is 0.918 bits per heavy atom. The molecule has 0 spiro atoms. The first-order valence-electron chi connectivity index (χ1n) is 25.7. The number of carbonyl (C=O) groups is 2. The first-order valence-corrected chi connectivity index (χ1v) is 25.7. The van der Waals surface area contributed by atoms with Gasteiger partial charge in [0.25, 0.3) is 0 Å². The molecule has 0 heterocycles. The van der Waals surface area contributed by atoms with Crippen molar-refractivity contribution in [2.45, 2.75) is 257 Å². The molecule has 6 heteroatoms. The molecule has 0 aromatic heterocycles. The van der Waals surface area contributed by atoms with E-state index in [0.717, 1.165) is 57.8 Å². The zero-order valence-corrected chi connectivity index (χ0v) is 40.0. The SMILES string of the molecule is CC/C=C/C=C/C=C\C=C/C=C/CCCC(CC(=O)NC(CO)C(O)CCCCCCCCCCCCCCCC)OC(=O)CCCCCCCCC/C=C\CCCCCC. The average molecular weight is 852 g/mol. The third-order valence-electron chi connectivity index (χ3n) is 11.4. The quantitative estimate of drug-likeness (QED) is 0.0245. The average Bonchev–Trinajstić information content (AvgIpc) is 3.25. The van der Waals surface area contributed by atoms with Crippen molar-refractivity contribution < 1.29 is 24.5 Å². The number of aliphatic hydroxyl groups excluding tert-OH is 2. The van der Waals surface area contributed by atoms with Gasteiger partial charge >= 0.3 is 5.97 Å². The summed E-state index contributed by atoms with van der Waals surface area (Å²) in [5.74, 6) is -0.552. The molecule has 0 aromatic carbocycles. The van der Waals surface area contributed by atoms with Crippen molar-refractivity contribution >= 4 is 11.9 Å². The van der Waals surface area contributed by atoms with Crippen LogP contribution in [0.1, 0.15) is 239 Å². The van der Waals surface area contributed by atoms with Crippen LogP contribution in [0.5, 0.6) is 0 Å². The van der Waals surface area contributed by atoms with E-state index in [1.807, 2.05) is 48.6 Å². The molecule has 6 nitrogen and oxygen atoms in total. The highest BCUT2D eigenvalue weighted by Gasteiger charge is 2.24. The highest BCUT2D eigenvalue weighted by Crippen LogP contribution is 2.17. The molecule has 0 radical (unpaired) electrons. The van der Waals surface area contributed by atoms with Gasteiger partial charge in [0, 0.05) is 6.42 Å². The summed E-state index contributed by atoms with van der Waals surface area (Å²) in [5.41, 5.74) is 0. The molecule has 3 N–H and O–H groups in total. The second kappa shape index (κ2) is 48.3. The molecule has 0 fully saturated rings. The summed E-state index contributed by atoms with van der Waals surface area (Å²) in [6.07, 6.45) is 61.1. The molecule has 61 heavy (non-hydrogen) atoms. The predicted molar refractivity (Wildman–Crippen MR) is 264 cm³/mol. The van der Waals surface area contributed by atoms with Crippen molar-refractivity contribution in [2.24, 2.45) is 0 Å². The number of allylic oxidation sites excluding steroid dienone is 12. The summed E-state index contributed by atoms with van der Waals surface area (Å²) in [5, 5.41) is 23.7. The molecule has 0 aromatic rings. The summed E-state index contributed by atoms with van der Waals surface area (Å²) >= 11 is 0. The molecular weight excluding hydrogens is 755 g/mol. The Labute approximate surface area is 377 Å². The van der Waals surface area contributed by atoms with Gasteiger partial charge in [-0.15, -0.1) is 0 Å². The summed E-state index contributed by atoms with van der Waals surface area (Å²) in [4.78, 5) is 26.1. The first-order chi connectivity index (χ1) is 30.0. The van der Waals surface area contributed by atoms with Crippen LogP contribution in [0.2, 0.25) is 0 Å². The third kappa shape index (κ3) is 43.7. The number of hydrogen-bond donors (Lipinski definition) is 3. The van der Waals surface area contributed by atoms with Gasteiger partial charge in [-0.1, -0.05) is 235 Å². The zero-order chi connectivity index (χ0) is 44.5. The van der Waals surface area contributed by atoms with E-state index in [1.165, 1.54) is 135 Å². The summed E-state index contributed by atoms with van der Waals surface area (Å²) in [7, 11) is 0. The predicted octanol–water partition coefficient (Wildman–Crippen LogP) is 15.4. The normalized spacial score (nSPS) is 13.9. The number of unbranched alkanes of at least 4 members (excludes halogenated alkanes) is 25. The van der Waals surface area contributed by atoms with Gasteiger partial charge in [0.1, 0.15) is 6.10 Å². The van der Waals surface area contributed by atoms with Crippen molar-refractivity contribution in [1.82, 2.24) is 5.32 Å². The molecule has 0 aliphatic heterocycles. The van der Waals surface area contributed by atoms with Crippen LogP contribution in [0.4, 0.5) is 0 Å². The maximum atomic E-state index is 13.2. The topological polar surface area (TPSA) is 95.9 Å². The molecular formula is C55H97NO5. The highest BCUT2D eigenvalue weighted by molar-refractivity contribution is 5.77. The lowest BCUT2D eigenvalue weighted by Gasteiger charge is -2.24. The van der Waals surface area contributed by atoms with Crippen molar-refractivity contribution in [3.05, 3.63) is 72.9 Å². The van der Waals surface area contributed by atoms with Crippen LogP contribution in [-0.2, 0) is 14.3 Å². The van der Waals surface area contributed by atoms with Gasteiger partial charge in [-0.2, -0.15) is 0 Å². The second-order valence-corrected chi connectivity index (χ2v) is 17.3. The number of rotatable bonds is 45. The molecule has 0 aliphatic carbocycles. The molecule has 3 atom stereocenters. The number of esters is 1. The van der Waals surface area contributed by atoms with Crippen LogP contribution < -0.4 is 5.32 Å². The van der Waals surface area contributed by atoms with Gasteiger partial charge in [-0.05, 0) is 64.2 Å². The Bertz CT molecular complexity index is 1140. The van der Waals surface area contributed by atoms with E-state index < -0.39 is 18.2 Å². The van der Waals surface area contributed by atoms with Gasteiger partial charge in [0.05, 0.1) is 25.2 Å². The maximum Gasteiger partial charge on any atom is 0.306 e. The number of hydrogen-bond acceptors (Lipinski definition) is 5. The van der Waals surface area contributed by atoms with E-state index >= 15 is 0 Å². The van der Waals surface area contributed by atoms with Crippen molar-refractivity contribution in [2.75, 3.05) is 6.61 Å². The minimum absolute atomic E-state index is 0.0250.